The number of alkyl halides is 3. The van der Waals surface area contributed by atoms with Gasteiger partial charge in [0.1, 0.15) is 18.4 Å². The second kappa shape index (κ2) is 13.2. The van der Waals surface area contributed by atoms with Crippen LogP contribution in [0.5, 0.6) is 0 Å². The van der Waals surface area contributed by atoms with Crippen LogP contribution in [-0.4, -0.2) is 66.6 Å². The van der Waals surface area contributed by atoms with E-state index in [-0.39, 0.29) is 24.6 Å². The first-order valence-electron chi connectivity index (χ1n) is 12.7. The number of pyridine rings is 1. The number of carbonyl (C=O) groups is 3. The summed E-state index contributed by atoms with van der Waals surface area (Å²) in [6.07, 6.45) is -1.56. The molecule has 3 rings (SSSR count). The highest BCUT2D eigenvalue weighted by molar-refractivity contribution is 7.90. The molecule has 1 heterocycles. The highest BCUT2D eigenvalue weighted by Crippen LogP contribution is 2.28. The van der Waals surface area contributed by atoms with Crippen molar-refractivity contribution in [1.29, 1.82) is 0 Å². The number of anilines is 1. The molecule has 40 heavy (non-hydrogen) atoms. The summed E-state index contributed by atoms with van der Waals surface area (Å²) in [6.45, 7) is -0.142. The Kier molecular flexibility index (Phi) is 10.2. The lowest BCUT2D eigenvalue weighted by atomic mass is 10.0. The molecule has 9 nitrogen and oxygen atoms in total. The Morgan fingerprint density at radius 2 is 1.80 bits per heavy atom. The Balaban J connectivity index is 1.98. The van der Waals surface area contributed by atoms with Crippen molar-refractivity contribution in [3.63, 3.8) is 0 Å². The number of Topliss-reactive ketones (excluding diaryl/α,β-unsaturated/α-hetero) is 1. The van der Waals surface area contributed by atoms with Gasteiger partial charge >= 0.3 is 6.18 Å². The van der Waals surface area contributed by atoms with E-state index in [1.54, 1.807) is 6.92 Å². The number of hydrogen-bond acceptors (Lipinski definition) is 7. The standard InChI is InChI=1S/C26H30F4N4O5S/c1-2-4-22(24(36)25(37)32-20-8-9-20)34(33(17-26(28,29)30)21-10-6-19(27)7-11-21)23(35)12-14-40(38,39)16-18-5-3-13-31-15-18/h3,5-7,10-11,13,15,20,22H,2,4,8-9,12,14,16-17H2,1H3,(H,32,37)/t22-/m0/s1. The number of nitrogens with one attached hydrogen (secondary N) is 1. The summed E-state index contributed by atoms with van der Waals surface area (Å²) < 4.78 is 80.4. The molecule has 2 amide bonds. The van der Waals surface area contributed by atoms with Crippen molar-refractivity contribution in [1.82, 2.24) is 15.3 Å². The van der Waals surface area contributed by atoms with E-state index in [4.69, 9.17) is 0 Å². The minimum absolute atomic E-state index is 0.180. The molecule has 0 saturated heterocycles. The molecule has 1 aliphatic carbocycles. The molecule has 1 saturated carbocycles. The van der Waals surface area contributed by atoms with E-state index in [1.807, 2.05) is 0 Å². The van der Waals surface area contributed by atoms with Crippen molar-refractivity contribution in [2.45, 2.75) is 63.0 Å². The molecule has 0 aliphatic heterocycles. The number of rotatable bonds is 14. The van der Waals surface area contributed by atoms with E-state index in [9.17, 15) is 40.4 Å². The topological polar surface area (TPSA) is 117 Å². The molecule has 1 aromatic heterocycles. The van der Waals surface area contributed by atoms with Gasteiger partial charge in [0, 0.05) is 24.9 Å². The van der Waals surface area contributed by atoms with Gasteiger partial charge in [0.25, 0.3) is 5.91 Å². The largest absolute Gasteiger partial charge is 0.407 e. The summed E-state index contributed by atoms with van der Waals surface area (Å²) in [4.78, 5) is 43.3. The van der Waals surface area contributed by atoms with Crippen molar-refractivity contribution in [3.8, 4) is 0 Å². The number of ketones is 1. The number of benzene rings is 1. The lowest BCUT2D eigenvalue weighted by molar-refractivity contribution is -0.151. The Morgan fingerprint density at radius 1 is 1.12 bits per heavy atom. The molecule has 14 heteroatoms. The summed E-state index contributed by atoms with van der Waals surface area (Å²) in [5, 5.41) is 3.45. The van der Waals surface area contributed by atoms with Crippen LogP contribution in [0.3, 0.4) is 0 Å². The van der Waals surface area contributed by atoms with Crippen LogP contribution in [0.4, 0.5) is 23.2 Å². The first kappa shape index (κ1) is 31.0. The predicted molar refractivity (Wildman–Crippen MR) is 138 cm³/mol. The summed E-state index contributed by atoms with van der Waals surface area (Å²) in [7, 11) is -3.92. The summed E-state index contributed by atoms with van der Waals surface area (Å²) in [5.41, 5.74) is 0.0781. The Bertz CT molecular complexity index is 1290. The van der Waals surface area contributed by atoms with Gasteiger partial charge in [0.2, 0.25) is 11.7 Å². The molecule has 1 N–H and O–H groups in total. The van der Waals surface area contributed by atoms with Crippen molar-refractivity contribution >= 4 is 33.1 Å². The van der Waals surface area contributed by atoms with Gasteiger partial charge in [0.15, 0.2) is 9.84 Å². The maximum Gasteiger partial charge on any atom is 0.407 e. The molecular formula is C26H30F4N4O5S. The number of halogens is 4. The summed E-state index contributed by atoms with van der Waals surface area (Å²) >= 11 is 0. The average molecular weight is 587 g/mol. The third-order valence-electron chi connectivity index (χ3n) is 6.00. The van der Waals surface area contributed by atoms with Crippen molar-refractivity contribution in [2.75, 3.05) is 17.3 Å². The lowest BCUT2D eigenvalue weighted by Gasteiger charge is -2.41. The van der Waals surface area contributed by atoms with Gasteiger partial charge < -0.3 is 5.32 Å². The van der Waals surface area contributed by atoms with Crippen LogP contribution < -0.4 is 10.3 Å². The Labute approximate surface area is 229 Å². The molecule has 1 atom stereocenters. The quantitative estimate of drug-likeness (QED) is 0.205. The minimum atomic E-state index is -4.89. The number of hydrazine groups is 1. The van der Waals surface area contributed by atoms with Gasteiger partial charge in [-0.2, -0.15) is 13.2 Å². The van der Waals surface area contributed by atoms with Gasteiger partial charge in [-0.3, -0.25) is 24.4 Å². The zero-order valence-electron chi connectivity index (χ0n) is 21.7. The summed E-state index contributed by atoms with van der Waals surface area (Å²) in [6, 6.07) is 4.92. The van der Waals surface area contributed by atoms with Crippen LogP contribution in [0.25, 0.3) is 0 Å². The molecule has 218 valence electrons. The van der Waals surface area contributed by atoms with Crippen LogP contribution in [0.1, 0.15) is 44.6 Å². The highest BCUT2D eigenvalue weighted by atomic mass is 32.2. The minimum Gasteiger partial charge on any atom is -0.347 e. The zero-order chi connectivity index (χ0) is 29.5. The number of carbonyl (C=O) groups excluding carboxylic acids is 3. The second-order valence-corrected chi connectivity index (χ2v) is 11.7. The summed E-state index contributed by atoms with van der Waals surface area (Å²) in [5.74, 6) is -5.24. The first-order valence-corrected chi connectivity index (χ1v) is 14.5. The van der Waals surface area contributed by atoms with Crippen LogP contribution in [0.15, 0.2) is 48.8 Å². The van der Waals surface area contributed by atoms with E-state index >= 15 is 0 Å². The normalized spacial score (nSPS) is 14.3. The molecular weight excluding hydrogens is 556 g/mol. The zero-order valence-corrected chi connectivity index (χ0v) is 22.5. The number of nitrogens with zero attached hydrogens (tertiary/aromatic N) is 3. The van der Waals surface area contributed by atoms with Gasteiger partial charge in [-0.15, -0.1) is 0 Å². The maximum atomic E-state index is 13.8. The van der Waals surface area contributed by atoms with Gasteiger partial charge in [-0.1, -0.05) is 19.4 Å². The van der Waals surface area contributed by atoms with E-state index in [0.717, 1.165) is 24.3 Å². The van der Waals surface area contributed by atoms with Crippen molar-refractivity contribution in [3.05, 3.63) is 60.2 Å². The average Bonchev–Trinajstić information content (AvgIpc) is 3.70. The highest BCUT2D eigenvalue weighted by Gasteiger charge is 2.42. The fraction of sp³-hybridized carbons (Fsp3) is 0.462. The fourth-order valence-electron chi connectivity index (χ4n) is 3.99. The van der Waals surface area contributed by atoms with Crippen molar-refractivity contribution < 1.29 is 40.4 Å². The monoisotopic (exact) mass is 586 g/mol. The third-order valence-corrected chi connectivity index (χ3v) is 7.60. The number of hydrogen-bond donors (Lipinski definition) is 1. The van der Waals surface area contributed by atoms with Gasteiger partial charge in [0.05, 0.1) is 17.2 Å². The van der Waals surface area contributed by atoms with Gasteiger partial charge in [-0.25, -0.2) is 17.8 Å². The molecule has 2 aromatic rings. The molecule has 1 fully saturated rings. The van der Waals surface area contributed by atoms with Crippen LogP contribution in [0.2, 0.25) is 0 Å². The van der Waals surface area contributed by atoms with E-state index in [2.05, 4.69) is 10.3 Å². The molecule has 1 aromatic carbocycles. The number of sulfone groups is 1. The van der Waals surface area contributed by atoms with Crippen LogP contribution >= 0.6 is 0 Å². The predicted octanol–water partition coefficient (Wildman–Crippen LogP) is 3.35. The SMILES string of the molecule is CCC[C@@H](C(=O)C(=O)NC1CC1)N(C(=O)CCS(=O)(=O)Cc1cccnc1)N(CC(F)(F)F)c1ccc(F)cc1. The van der Waals surface area contributed by atoms with E-state index in [0.29, 0.717) is 28.4 Å². The molecule has 0 radical (unpaired) electrons. The van der Waals surface area contributed by atoms with E-state index < -0.39 is 69.9 Å². The Hall–Kier alpha value is -3.55. The van der Waals surface area contributed by atoms with Gasteiger partial charge in [-0.05, 0) is 55.2 Å². The van der Waals surface area contributed by atoms with Crippen LogP contribution in [-0.2, 0) is 30.0 Å². The number of aromatic nitrogens is 1. The second-order valence-electron chi connectivity index (χ2n) is 9.51. The van der Waals surface area contributed by atoms with Crippen LogP contribution in [0, 0.1) is 5.82 Å². The Morgan fingerprint density at radius 3 is 2.35 bits per heavy atom. The van der Waals surface area contributed by atoms with E-state index in [1.165, 1.54) is 24.5 Å². The lowest BCUT2D eigenvalue weighted by Crippen LogP contribution is -2.59. The third kappa shape index (κ3) is 9.28. The molecule has 0 bridgehead atoms. The fourth-order valence-corrected chi connectivity index (χ4v) is 5.30. The molecule has 0 spiro atoms. The molecule has 0 unspecified atom stereocenters. The first-order chi connectivity index (χ1) is 18.8. The molecule has 1 aliphatic rings. The number of amides is 2. The smallest absolute Gasteiger partial charge is 0.347 e. The van der Waals surface area contributed by atoms with Crippen molar-refractivity contribution in [2.24, 2.45) is 0 Å². The maximum absolute atomic E-state index is 13.8.